The van der Waals surface area contributed by atoms with Gasteiger partial charge < -0.3 is 9.26 Å². The van der Waals surface area contributed by atoms with Gasteiger partial charge >= 0.3 is 0 Å². The average Bonchev–Trinajstić information content (AvgIpc) is 3.16. The molecule has 1 aromatic heterocycles. The van der Waals surface area contributed by atoms with Crippen molar-refractivity contribution in [3.63, 3.8) is 0 Å². The summed E-state index contributed by atoms with van der Waals surface area (Å²) in [4.78, 5) is 4.12. The van der Waals surface area contributed by atoms with Crippen molar-refractivity contribution in [3.8, 4) is 5.75 Å². The Labute approximate surface area is 130 Å². The zero-order valence-corrected chi connectivity index (χ0v) is 13.0. The van der Waals surface area contributed by atoms with Crippen LogP contribution in [0.2, 0.25) is 5.02 Å². The van der Waals surface area contributed by atoms with Gasteiger partial charge in [0, 0.05) is 16.6 Å². The van der Waals surface area contributed by atoms with Crippen molar-refractivity contribution in [1.29, 1.82) is 0 Å². The summed E-state index contributed by atoms with van der Waals surface area (Å²) in [5, 5.41) is 4.00. The number of rotatable bonds is 5. The van der Waals surface area contributed by atoms with E-state index < -0.39 is 9.05 Å². The second kappa shape index (κ2) is 5.47. The molecule has 1 aliphatic rings. The van der Waals surface area contributed by atoms with E-state index in [2.05, 4.69) is 10.1 Å². The minimum Gasteiger partial charge on any atom is -0.482 e. The fraction of sp³-hybridized carbons (Fsp3) is 0.333. The van der Waals surface area contributed by atoms with Gasteiger partial charge in [0.05, 0.1) is 9.92 Å². The Morgan fingerprint density at radius 3 is 2.76 bits per heavy atom. The minimum atomic E-state index is -3.82. The van der Waals surface area contributed by atoms with Crippen LogP contribution >= 0.6 is 22.3 Å². The second-order valence-corrected chi connectivity index (χ2v) is 7.61. The molecule has 1 saturated carbocycles. The van der Waals surface area contributed by atoms with Crippen LogP contribution < -0.4 is 4.74 Å². The molecule has 1 fully saturated rings. The minimum absolute atomic E-state index is 0.0619. The molecule has 1 aliphatic carbocycles. The molecule has 6 nitrogen and oxygen atoms in total. The molecule has 1 heterocycles. The summed E-state index contributed by atoms with van der Waals surface area (Å²) in [5.41, 5.74) is 0. The Morgan fingerprint density at radius 1 is 1.38 bits per heavy atom. The molecule has 0 saturated heterocycles. The van der Waals surface area contributed by atoms with Crippen molar-refractivity contribution in [2.45, 2.75) is 30.3 Å². The topological polar surface area (TPSA) is 82.3 Å². The molecule has 0 spiro atoms. The largest absolute Gasteiger partial charge is 0.482 e. The molecule has 21 heavy (non-hydrogen) atoms. The number of hydrogen-bond donors (Lipinski definition) is 0. The monoisotopic (exact) mass is 348 g/mol. The van der Waals surface area contributed by atoms with Crippen LogP contribution in [-0.4, -0.2) is 18.6 Å². The van der Waals surface area contributed by atoms with Gasteiger partial charge in [-0.25, -0.2) is 8.42 Å². The van der Waals surface area contributed by atoms with E-state index in [4.69, 9.17) is 31.5 Å². The number of benzene rings is 1. The van der Waals surface area contributed by atoms with Gasteiger partial charge in [0.25, 0.3) is 14.9 Å². The molecule has 0 unspecified atom stereocenters. The summed E-state index contributed by atoms with van der Waals surface area (Å²) in [6, 6.07) is 3.96. The summed E-state index contributed by atoms with van der Waals surface area (Å²) < 4.78 is 32.9. The first-order valence-electron chi connectivity index (χ1n) is 6.13. The predicted octanol–water partition coefficient (Wildman–Crippen LogP) is 3.11. The SMILES string of the molecule is O=S(=O)(Cl)c1ccc(OCc2nc(C3CC3)no2)c(Cl)c1. The van der Waals surface area contributed by atoms with Crippen molar-refractivity contribution in [3.05, 3.63) is 34.9 Å². The molecule has 0 amide bonds. The Morgan fingerprint density at radius 2 is 2.14 bits per heavy atom. The van der Waals surface area contributed by atoms with Crippen LogP contribution in [0.5, 0.6) is 5.75 Å². The maximum Gasteiger partial charge on any atom is 0.264 e. The molecule has 2 aromatic rings. The standard InChI is InChI=1S/C12H10Cl2N2O4S/c13-9-5-8(21(14,17)18)3-4-10(9)19-6-11-15-12(16-20-11)7-1-2-7/h3-5,7H,1-2,6H2. The first kappa shape index (κ1) is 14.6. The molecule has 3 rings (SSSR count). The highest BCUT2D eigenvalue weighted by molar-refractivity contribution is 8.13. The van der Waals surface area contributed by atoms with Crippen LogP contribution in [0.25, 0.3) is 0 Å². The van der Waals surface area contributed by atoms with Gasteiger partial charge in [0.2, 0.25) is 0 Å². The van der Waals surface area contributed by atoms with E-state index in [0.717, 1.165) is 12.8 Å². The molecule has 9 heteroatoms. The van der Waals surface area contributed by atoms with Gasteiger partial charge in [0.15, 0.2) is 12.4 Å². The third kappa shape index (κ3) is 3.48. The first-order chi connectivity index (χ1) is 9.93. The van der Waals surface area contributed by atoms with Crippen molar-refractivity contribution in [1.82, 2.24) is 10.1 Å². The van der Waals surface area contributed by atoms with Crippen LogP contribution in [0.3, 0.4) is 0 Å². The molecular weight excluding hydrogens is 339 g/mol. The Bertz CT molecular complexity index is 771. The van der Waals surface area contributed by atoms with Crippen LogP contribution in [0.1, 0.15) is 30.5 Å². The number of nitrogens with zero attached hydrogens (tertiary/aromatic N) is 2. The lowest BCUT2D eigenvalue weighted by atomic mass is 10.3. The van der Waals surface area contributed by atoms with Crippen LogP contribution in [0.4, 0.5) is 0 Å². The molecular formula is C12H10Cl2N2O4S. The van der Waals surface area contributed by atoms with Crippen molar-refractivity contribution in [2.24, 2.45) is 0 Å². The smallest absolute Gasteiger partial charge is 0.264 e. The maximum atomic E-state index is 11.2. The van der Waals surface area contributed by atoms with Crippen LogP contribution in [0.15, 0.2) is 27.6 Å². The van der Waals surface area contributed by atoms with Crippen LogP contribution in [0, 0.1) is 0 Å². The summed E-state index contributed by atoms with van der Waals surface area (Å²) in [7, 11) is 1.42. The summed E-state index contributed by atoms with van der Waals surface area (Å²) in [6.45, 7) is 0.0619. The highest BCUT2D eigenvalue weighted by Gasteiger charge is 2.28. The first-order valence-corrected chi connectivity index (χ1v) is 8.82. The number of halogens is 2. The molecule has 0 atom stereocenters. The van der Waals surface area contributed by atoms with Gasteiger partial charge in [-0.05, 0) is 31.0 Å². The normalized spacial score (nSPS) is 15.1. The van der Waals surface area contributed by atoms with Gasteiger partial charge in [-0.1, -0.05) is 16.8 Å². The van der Waals surface area contributed by atoms with Crippen molar-refractivity contribution in [2.75, 3.05) is 0 Å². The molecule has 0 N–H and O–H groups in total. The third-order valence-corrected chi connectivity index (χ3v) is 4.61. The highest BCUT2D eigenvalue weighted by Crippen LogP contribution is 2.38. The van der Waals surface area contributed by atoms with E-state index in [1.807, 2.05) is 0 Å². The molecule has 1 aromatic carbocycles. The molecule has 0 radical (unpaired) electrons. The summed E-state index contributed by atoms with van der Waals surface area (Å²) >= 11 is 5.95. The van der Waals surface area contributed by atoms with Crippen molar-refractivity contribution >= 4 is 31.3 Å². The van der Waals surface area contributed by atoms with Gasteiger partial charge in [-0.15, -0.1) is 0 Å². The lowest BCUT2D eigenvalue weighted by molar-refractivity contribution is 0.242. The number of hydrogen-bond acceptors (Lipinski definition) is 6. The van der Waals surface area contributed by atoms with E-state index in [9.17, 15) is 8.42 Å². The number of ether oxygens (including phenoxy) is 1. The zero-order chi connectivity index (χ0) is 15.0. The van der Waals surface area contributed by atoms with Gasteiger partial charge in [-0.3, -0.25) is 0 Å². The van der Waals surface area contributed by atoms with Crippen molar-refractivity contribution < 1.29 is 17.7 Å². The average molecular weight is 349 g/mol. The van der Waals surface area contributed by atoms with Gasteiger partial charge in [0.1, 0.15) is 5.75 Å². The quantitative estimate of drug-likeness (QED) is 0.772. The molecule has 112 valence electrons. The predicted molar refractivity (Wildman–Crippen MR) is 75.1 cm³/mol. The number of aromatic nitrogens is 2. The summed E-state index contributed by atoms with van der Waals surface area (Å²) in [5.74, 6) is 1.76. The van der Waals surface area contributed by atoms with Crippen LogP contribution in [-0.2, 0) is 15.7 Å². The molecule has 0 aliphatic heterocycles. The van der Waals surface area contributed by atoms with E-state index >= 15 is 0 Å². The fourth-order valence-electron chi connectivity index (χ4n) is 1.72. The highest BCUT2D eigenvalue weighted by atomic mass is 35.7. The molecule has 0 bridgehead atoms. The fourth-order valence-corrected chi connectivity index (χ4v) is 2.80. The second-order valence-electron chi connectivity index (χ2n) is 4.64. The third-order valence-electron chi connectivity index (χ3n) is 2.96. The van der Waals surface area contributed by atoms with E-state index in [1.165, 1.54) is 18.2 Å². The van der Waals surface area contributed by atoms with E-state index in [0.29, 0.717) is 23.4 Å². The lowest BCUT2D eigenvalue weighted by Gasteiger charge is -2.06. The van der Waals surface area contributed by atoms with E-state index in [1.54, 1.807) is 0 Å². The van der Waals surface area contributed by atoms with Gasteiger partial charge in [-0.2, -0.15) is 4.98 Å². The Hall–Kier alpha value is -1.31. The zero-order valence-electron chi connectivity index (χ0n) is 10.6. The Kier molecular flexibility index (Phi) is 3.81. The van der Waals surface area contributed by atoms with E-state index in [-0.39, 0.29) is 16.5 Å². The lowest BCUT2D eigenvalue weighted by Crippen LogP contribution is -1.98. The summed E-state index contributed by atoms with van der Waals surface area (Å²) in [6.07, 6.45) is 2.17. The maximum absolute atomic E-state index is 11.2. The Balaban J connectivity index is 1.69.